The number of carbonyl (C=O) groups excluding carboxylic acids is 1. The smallest absolute Gasteiger partial charge is 0.260 e. The van der Waals surface area contributed by atoms with E-state index in [9.17, 15) is 4.79 Å². The van der Waals surface area contributed by atoms with Crippen molar-refractivity contribution in [3.63, 3.8) is 0 Å². The molecule has 28 heavy (non-hydrogen) atoms. The van der Waals surface area contributed by atoms with Crippen LogP contribution in [0.15, 0.2) is 36.4 Å². The van der Waals surface area contributed by atoms with Gasteiger partial charge in [0.05, 0.1) is 18.2 Å². The summed E-state index contributed by atoms with van der Waals surface area (Å²) < 4.78 is 21.9. The van der Waals surface area contributed by atoms with Gasteiger partial charge in [0.15, 0.2) is 29.6 Å². The second kappa shape index (κ2) is 9.00. The summed E-state index contributed by atoms with van der Waals surface area (Å²) in [5.41, 5.74) is 1.42. The van der Waals surface area contributed by atoms with Gasteiger partial charge in [0.25, 0.3) is 5.91 Å². The third kappa shape index (κ3) is 4.46. The van der Waals surface area contributed by atoms with Gasteiger partial charge in [-0.3, -0.25) is 4.79 Å². The average molecular weight is 382 g/mol. The number of hydrogen-bond donors (Lipinski definition) is 0. The molecule has 0 saturated carbocycles. The molecule has 0 aromatic heterocycles. The molecule has 0 fully saturated rings. The molecule has 146 valence electrons. The maximum Gasteiger partial charge on any atom is 0.260 e. The Morgan fingerprint density at radius 1 is 1.11 bits per heavy atom. The van der Waals surface area contributed by atoms with Crippen LogP contribution in [0.3, 0.4) is 0 Å². The highest BCUT2D eigenvalue weighted by atomic mass is 16.7. The molecular formula is C21H22N2O5. The minimum atomic E-state index is -0.146. The van der Waals surface area contributed by atoms with Crippen LogP contribution in [0, 0.1) is 11.3 Å². The number of benzene rings is 2. The first-order valence-corrected chi connectivity index (χ1v) is 9.10. The van der Waals surface area contributed by atoms with Crippen molar-refractivity contribution in [2.24, 2.45) is 0 Å². The van der Waals surface area contributed by atoms with Gasteiger partial charge in [0.2, 0.25) is 6.79 Å². The van der Waals surface area contributed by atoms with E-state index < -0.39 is 0 Å². The minimum Gasteiger partial charge on any atom is -0.490 e. The highest BCUT2D eigenvalue weighted by Gasteiger charge is 2.18. The monoisotopic (exact) mass is 382 g/mol. The SMILES string of the molecule is CCOc1cc(C#N)ccc1OCC(=O)N(CC)Cc1ccc2c(c1)OCO2. The molecule has 2 aromatic rings. The van der Waals surface area contributed by atoms with Gasteiger partial charge < -0.3 is 23.8 Å². The van der Waals surface area contributed by atoms with Crippen molar-refractivity contribution >= 4 is 5.91 Å². The average Bonchev–Trinajstić information content (AvgIpc) is 3.18. The fraction of sp³-hybridized carbons (Fsp3) is 0.333. The molecule has 1 amide bonds. The Morgan fingerprint density at radius 3 is 2.68 bits per heavy atom. The van der Waals surface area contributed by atoms with E-state index in [1.807, 2.05) is 32.0 Å². The van der Waals surface area contributed by atoms with Crippen molar-refractivity contribution in [3.8, 4) is 29.1 Å². The van der Waals surface area contributed by atoms with Crippen LogP contribution >= 0.6 is 0 Å². The van der Waals surface area contributed by atoms with Crippen molar-refractivity contribution in [1.29, 1.82) is 5.26 Å². The van der Waals surface area contributed by atoms with Crippen LogP contribution in [0.25, 0.3) is 0 Å². The van der Waals surface area contributed by atoms with Gasteiger partial charge in [-0.05, 0) is 43.7 Å². The van der Waals surface area contributed by atoms with Gasteiger partial charge in [-0.25, -0.2) is 0 Å². The fourth-order valence-corrected chi connectivity index (χ4v) is 2.83. The summed E-state index contributed by atoms with van der Waals surface area (Å²) in [5, 5.41) is 9.02. The first kappa shape index (κ1) is 19.4. The zero-order valence-electron chi connectivity index (χ0n) is 15.9. The van der Waals surface area contributed by atoms with E-state index >= 15 is 0 Å². The predicted molar refractivity (Wildman–Crippen MR) is 101 cm³/mol. The minimum absolute atomic E-state index is 0.121. The Hall–Kier alpha value is -3.40. The Kier molecular flexibility index (Phi) is 6.22. The summed E-state index contributed by atoms with van der Waals surface area (Å²) in [4.78, 5) is 14.3. The van der Waals surface area contributed by atoms with E-state index in [2.05, 4.69) is 6.07 Å². The van der Waals surface area contributed by atoms with E-state index in [0.29, 0.717) is 48.3 Å². The molecule has 1 heterocycles. The number of ether oxygens (including phenoxy) is 4. The van der Waals surface area contributed by atoms with Gasteiger partial charge in [-0.2, -0.15) is 5.26 Å². The molecule has 0 unspecified atom stereocenters. The second-order valence-electron chi connectivity index (χ2n) is 6.09. The number of likely N-dealkylation sites (N-methyl/N-ethyl adjacent to an activating group) is 1. The molecule has 0 N–H and O–H groups in total. The Balaban J connectivity index is 1.64. The number of amides is 1. The lowest BCUT2D eigenvalue weighted by atomic mass is 10.2. The summed E-state index contributed by atoms with van der Waals surface area (Å²) >= 11 is 0. The van der Waals surface area contributed by atoms with Crippen molar-refractivity contribution in [2.75, 3.05) is 26.6 Å². The van der Waals surface area contributed by atoms with Crippen LogP contribution in [-0.4, -0.2) is 37.4 Å². The van der Waals surface area contributed by atoms with E-state index in [4.69, 9.17) is 24.2 Å². The lowest BCUT2D eigenvalue weighted by molar-refractivity contribution is -0.133. The maximum absolute atomic E-state index is 12.6. The van der Waals surface area contributed by atoms with Gasteiger partial charge in [-0.1, -0.05) is 6.07 Å². The fourth-order valence-electron chi connectivity index (χ4n) is 2.83. The molecule has 0 spiro atoms. The third-order valence-corrected chi connectivity index (χ3v) is 4.27. The van der Waals surface area contributed by atoms with Gasteiger partial charge in [0, 0.05) is 19.2 Å². The number of carbonyl (C=O) groups is 1. The topological polar surface area (TPSA) is 81.0 Å². The Morgan fingerprint density at radius 2 is 1.93 bits per heavy atom. The molecule has 1 aliphatic heterocycles. The van der Waals surface area contributed by atoms with E-state index in [0.717, 1.165) is 5.56 Å². The number of nitrogens with zero attached hydrogens (tertiary/aromatic N) is 2. The van der Waals surface area contributed by atoms with Crippen molar-refractivity contribution in [3.05, 3.63) is 47.5 Å². The summed E-state index contributed by atoms with van der Waals surface area (Å²) in [6.45, 7) is 5.28. The van der Waals surface area contributed by atoms with Crippen LogP contribution < -0.4 is 18.9 Å². The van der Waals surface area contributed by atoms with Crippen molar-refractivity contribution < 1.29 is 23.7 Å². The quantitative estimate of drug-likeness (QED) is 0.698. The zero-order valence-corrected chi connectivity index (χ0v) is 15.9. The van der Waals surface area contributed by atoms with Gasteiger partial charge >= 0.3 is 0 Å². The summed E-state index contributed by atoms with van der Waals surface area (Å²) in [6, 6.07) is 12.6. The highest BCUT2D eigenvalue weighted by Crippen LogP contribution is 2.33. The first-order chi connectivity index (χ1) is 13.6. The predicted octanol–water partition coefficient (Wildman–Crippen LogP) is 3.11. The number of rotatable bonds is 8. The second-order valence-corrected chi connectivity index (χ2v) is 6.09. The molecule has 0 saturated heterocycles. The maximum atomic E-state index is 12.6. The molecule has 0 radical (unpaired) electrons. The first-order valence-electron chi connectivity index (χ1n) is 9.10. The van der Waals surface area contributed by atoms with E-state index in [1.54, 1.807) is 23.1 Å². The highest BCUT2D eigenvalue weighted by molar-refractivity contribution is 5.78. The van der Waals surface area contributed by atoms with Crippen LogP contribution in [-0.2, 0) is 11.3 Å². The lowest BCUT2D eigenvalue weighted by Crippen LogP contribution is -2.34. The molecule has 7 heteroatoms. The van der Waals surface area contributed by atoms with Gasteiger partial charge in [0.1, 0.15) is 0 Å². The summed E-state index contributed by atoms with van der Waals surface area (Å²) in [7, 11) is 0. The number of nitriles is 1. The van der Waals surface area contributed by atoms with Crippen LogP contribution in [0.4, 0.5) is 0 Å². The summed E-state index contributed by atoms with van der Waals surface area (Å²) in [6.07, 6.45) is 0. The number of hydrogen-bond acceptors (Lipinski definition) is 6. The molecule has 7 nitrogen and oxygen atoms in total. The van der Waals surface area contributed by atoms with Crippen LogP contribution in [0.5, 0.6) is 23.0 Å². The zero-order chi connectivity index (χ0) is 19.9. The van der Waals surface area contributed by atoms with Crippen molar-refractivity contribution in [1.82, 2.24) is 4.90 Å². The van der Waals surface area contributed by atoms with E-state index in [-0.39, 0.29) is 19.3 Å². The van der Waals surface area contributed by atoms with Gasteiger partial charge in [-0.15, -0.1) is 0 Å². The third-order valence-electron chi connectivity index (χ3n) is 4.27. The summed E-state index contributed by atoms with van der Waals surface area (Å²) in [5.74, 6) is 2.15. The molecule has 3 rings (SSSR count). The van der Waals surface area contributed by atoms with E-state index in [1.165, 1.54) is 0 Å². The lowest BCUT2D eigenvalue weighted by Gasteiger charge is -2.21. The molecule has 0 atom stereocenters. The van der Waals surface area contributed by atoms with Crippen LogP contribution in [0.2, 0.25) is 0 Å². The van der Waals surface area contributed by atoms with Crippen molar-refractivity contribution in [2.45, 2.75) is 20.4 Å². The Bertz CT molecular complexity index is 891. The normalized spacial score (nSPS) is 11.6. The molecule has 1 aliphatic rings. The standard InChI is InChI=1S/C21H22N2O5/c1-3-23(12-16-6-8-18-20(10-16)28-14-27-18)21(24)13-26-17-7-5-15(11-22)9-19(17)25-4-2/h5-10H,3-4,12-14H2,1-2H3. The molecular weight excluding hydrogens is 360 g/mol. The molecule has 2 aromatic carbocycles. The van der Waals surface area contributed by atoms with Crippen LogP contribution in [0.1, 0.15) is 25.0 Å². The largest absolute Gasteiger partial charge is 0.490 e. The molecule has 0 aliphatic carbocycles. The Labute approximate surface area is 164 Å². The molecule has 0 bridgehead atoms. The number of fused-ring (bicyclic) bond motifs is 1.